The smallest absolute Gasteiger partial charge is 0.229 e. The fourth-order valence-corrected chi connectivity index (χ4v) is 2.99. The third-order valence-corrected chi connectivity index (χ3v) is 4.23. The monoisotopic (exact) mass is 250 g/mol. The molecule has 2 aliphatic rings. The van der Waals surface area contributed by atoms with E-state index in [0.29, 0.717) is 5.92 Å². The molecular formula is C13H22N4O. The summed E-state index contributed by atoms with van der Waals surface area (Å²) in [5.74, 6) is 2.24. The highest BCUT2D eigenvalue weighted by molar-refractivity contribution is 5.00. The predicted molar refractivity (Wildman–Crippen MR) is 68.4 cm³/mol. The van der Waals surface area contributed by atoms with Crippen molar-refractivity contribution in [3.8, 4) is 0 Å². The number of nitrogens with one attached hydrogen (secondary N) is 1. The average molecular weight is 250 g/mol. The highest BCUT2D eigenvalue weighted by atomic mass is 16.5. The fraction of sp³-hybridized carbons (Fsp3) is 0.846. The van der Waals surface area contributed by atoms with Crippen LogP contribution in [0.3, 0.4) is 0 Å². The van der Waals surface area contributed by atoms with Crippen molar-refractivity contribution in [3.63, 3.8) is 0 Å². The molecule has 5 nitrogen and oxygen atoms in total. The zero-order valence-corrected chi connectivity index (χ0v) is 11.1. The maximum Gasteiger partial charge on any atom is 0.229 e. The van der Waals surface area contributed by atoms with Crippen molar-refractivity contribution in [2.45, 2.75) is 44.6 Å². The molecule has 1 aromatic rings. The van der Waals surface area contributed by atoms with Crippen LogP contribution in [-0.2, 0) is 0 Å². The lowest BCUT2D eigenvalue weighted by Gasteiger charge is -2.30. The van der Waals surface area contributed by atoms with Crippen LogP contribution in [0.2, 0.25) is 0 Å². The third kappa shape index (κ3) is 2.42. The summed E-state index contributed by atoms with van der Waals surface area (Å²) in [6.07, 6.45) is 5.03. The zero-order valence-electron chi connectivity index (χ0n) is 11.1. The minimum Gasteiger partial charge on any atom is -0.339 e. The first-order valence-electron chi connectivity index (χ1n) is 7.13. The summed E-state index contributed by atoms with van der Waals surface area (Å²) in [5.41, 5.74) is 0. The molecule has 100 valence electrons. The zero-order chi connectivity index (χ0) is 12.4. The molecule has 1 unspecified atom stereocenters. The van der Waals surface area contributed by atoms with Gasteiger partial charge in [-0.3, -0.25) is 4.90 Å². The summed E-state index contributed by atoms with van der Waals surface area (Å²) in [6, 6.07) is 0.269. The van der Waals surface area contributed by atoms with Crippen LogP contribution in [0.5, 0.6) is 0 Å². The predicted octanol–water partition coefficient (Wildman–Crippen LogP) is 1.69. The van der Waals surface area contributed by atoms with Gasteiger partial charge in [-0.25, -0.2) is 0 Å². The number of hydrogen-bond donors (Lipinski definition) is 1. The summed E-state index contributed by atoms with van der Waals surface area (Å²) in [5, 5.41) is 7.55. The van der Waals surface area contributed by atoms with Crippen LogP contribution in [0.25, 0.3) is 0 Å². The van der Waals surface area contributed by atoms with Gasteiger partial charge < -0.3 is 9.84 Å². The molecule has 1 saturated carbocycles. The molecule has 1 N–H and O–H groups in total. The second-order valence-corrected chi connectivity index (χ2v) is 5.43. The highest BCUT2D eigenvalue weighted by Gasteiger charge is 2.26. The quantitative estimate of drug-likeness (QED) is 0.884. The van der Waals surface area contributed by atoms with E-state index in [9.17, 15) is 0 Å². The van der Waals surface area contributed by atoms with Gasteiger partial charge in [-0.2, -0.15) is 4.98 Å². The van der Waals surface area contributed by atoms with E-state index in [4.69, 9.17) is 4.52 Å². The summed E-state index contributed by atoms with van der Waals surface area (Å²) in [4.78, 5) is 7.04. The van der Waals surface area contributed by atoms with Gasteiger partial charge in [-0.15, -0.1) is 0 Å². The second-order valence-electron chi connectivity index (χ2n) is 5.43. The summed E-state index contributed by atoms with van der Waals surface area (Å²) < 4.78 is 5.46. The Morgan fingerprint density at radius 3 is 2.72 bits per heavy atom. The molecular weight excluding hydrogens is 228 g/mol. The van der Waals surface area contributed by atoms with Crippen LogP contribution in [0.4, 0.5) is 0 Å². The van der Waals surface area contributed by atoms with Gasteiger partial charge in [0.05, 0.1) is 6.04 Å². The topological polar surface area (TPSA) is 54.2 Å². The van der Waals surface area contributed by atoms with Gasteiger partial charge in [0.2, 0.25) is 5.89 Å². The minimum atomic E-state index is 0.269. The van der Waals surface area contributed by atoms with E-state index < -0.39 is 0 Å². The first-order valence-corrected chi connectivity index (χ1v) is 7.13. The van der Waals surface area contributed by atoms with Crippen LogP contribution in [0.15, 0.2) is 4.52 Å². The Morgan fingerprint density at radius 1 is 1.28 bits per heavy atom. The van der Waals surface area contributed by atoms with Crippen LogP contribution >= 0.6 is 0 Å². The lowest BCUT2D eigenvalue weighted by molar-refractivity contribution is 0.176. The number of nitrogens with zero attached hydrogens (tertiary/aromatic N) is 3. The fourth-order valence-electron chi connectivity index (χ4n) is 2.99. The Hall–Kier alpha value is -0.940. The summed E-state index contributed by atoms with van der Waals surface area (Å²) in [6.45, 7) is 6.41. The molecule has 5 heteroatoms. The molecule has 2 heterocycles. The molecule has 0 spiro atoms. The first-order chi connectivity index (χ1) is 8.84. The summed E-state index contributed by atoms with van der Waals surface area (Å²) >= 11 is 0. The lowest BCUT2D eigenvalue weighted by Crippen LogP contribution is -2.44. The highest BCUT2D eigenvalue weighted by Crippen LogP contribution is 2.33. The van der Waals surface area contributed by atoms with Crippen molar-refractivity contribution in [1.29, 1.82) is 0 Å². The largest absolute Gasteiger partial charge is 0.339 e. The van der Waals surface area contributed by atoms with Gasteiger partial charge >= 0.3 is 0 Å². The standard InChI is InChI=1S/C13H22N4O/c1-10(17-8-6-14-7-9-17)12-15-13(18-16-12)11-4-2-3-5-11/h10-11,14H,2-9H2,1H3. The van der Waals surface area contributed by atoms with Crippen molar-refractivity contribution in [1.82, 2.24) is 20.4 Å². The van der Waals surface area contributed by atoms with E-state index in [1.807, 2.05) is 0 Å². The van der Waals surface area contributed by atoms with Crippen LogP contribution in [0.1, 0.15) is 56.3 Å². The second kappa shape index (κ2) is 5.36. The van der Waals surface area contributed by atoms with E-state index in [0.717, 1.165) is 37.9 Å². The number of rotatable bonds is 3. The van der Waals surface area contributed by atoms with Gasteiger partial charge in [0, 0.05) is 32.1 Å². The molecule has 1 aromatic heterocycles. The molecule has 2 fully saturated rings. The number of piperazine rings is 1. The molecule has 1 atom stereocenters. The van der Waals surface area contributed by atoms with Crippen LogP contribution < -0.4 is 5.32 Å². The normalized spacial score (nSPS) is 24.5. The Bertz CT molecular complexity index is 380. The molecule has 1 aliphatic heterocycles. The maximum atomic E-state index is 5.46. The van der Waals surface area contributed by atoms with E-state index in [-0.39, 0.29) is 6.04 Å². The first kappa shape index (κ1) is 12.1. The van der Waals surface area contributed by atoms with Crippen molar-refractivity contribution < 1.29 is 4.52 Å². The van der Waals surface area contributed by atoms with E-state index in [2.05, 4.69) is 27.3 Å². The molecule has 3 rings (SSSR count). The van der Waals surface area contributed by atoms with Crippen molar-refractivity contribution >= 4 is 0 Å². The van der Waals surface area contributed by atoms with Gasteiger partial charge in [0.15, 0.2) is 5.82 Å². The third-order valence-electron chi connectivity index (χ3n) is 4.23. The number of aromatic nitrogens is 2. The minimum absolute atomic E-state index is 0.269. The van der Waals surface area contributed by atoms with Crippen molar-refractivity contribution in [2.75, 3.05) is 26.2 Å². The van der Waals surface area contributed by atoms with Crippen LogP contribution in [0, 0.1) is 0 Å². The molecule has 0 amide bonds. The van der Waals surface area contributed by atoms with Gasteiger partial charge in [0.25, 0.3) is 0 Å². The Kier molecular flexibility index (Phi) is 3.61. The molecule has 1 aliphatic carbocycles. The van der Waals surface area contributed by atoms with Crippen LogP contribution in [-0.4, -0.2) is 41.2 Å². The Balaban J connectivity index is 1.67. The van der Waals surface area contributed by atoms with Gasteiger partial charge in [0.1, 0.15) is 0 Å². The van der Waals surface area contributed by atoms with E-state index in [1.165, 1.54) is 25.7 Å². The Labute approximate surface area is 108 Å². The van der Waals surface area contributed by atoms with E-state index >= 15 is 0 Å². The molecule has 0 aromatic carbocycles. The molecule has 0 radical (unpaired) electrons. The molecule has 1 saturated heterocycles. The number of hydrogen-bond acceptors (Lipinski definition) is 5. The molecule has 18 heavy (non-hydrogen) atoms. The summed E-state index contributed by atoms with van der Waals surface area (Å²) in [7, 11) is 0. The van der Waals surface area contributed by atoms with Crippen molar-refractivity contribution in [2.24, 2.45) is 0 Å². The van der Waals surface area contributed by atoms with Gasteiger partial charge in [-0.1, -0.05) is 18.0 Å². The average Bonchev–Trinajstić information content (AvgIpc) is 3.09. The van der Waals surface area contributed by atoms with Gasteiger partial charge in [-0.05, 0) is 19.8 Å². The Morgan fingerprint density at radius 2 is 2.00 bits per heavy atom. The lowest BCUT2D eigenvalue weighted by atomic mass is 10.1. The SMILES string of the molecule is CC(c1noc(C2CCCC2)n1)N1CCNCC1. The van der Waals surface area contributed by atoms with E-state index in [1.54, 1.807) is 0 Å². The maximum absolute atomic E-state index is 5.46. The molecule has 0 bridgehead atoms. The van der Waals surface area contributed by atoms with Crippen molar-refractivity contribution in [3.05, 3.63) is 11.7 Å².